The Morgan fingerprint density at radius 2 is 2.50 bits per heavy atom. The van der Waals surface area contributed by atoms with Crippen molar-refractivity contribution in [2.45, 2.75) is 6.42 Å². The molecule has 2 fully saturated rings. The summed E-state index contributed by atoms with van der Waals surface area (Å²) >= 11 is 0. The third kappa shape index (κ3) is 0.565. The molecule has 2 rings (SSSR count). The molecule has 0 aromatic heterocycles. The van der Waals surface area contributed by atoms with E-state index in [1.165, 1.54) is 25.6 Å². The summed E-state index contributed by atoms with van der Waals surface area (Å²) < 4.78 is 0. The number of hydrogen-bond donors (Lipinski definition) is 2. The van der Waals surface area contributed by atoms with Crippen LogP contribution in [0.3, 0.4) is 0 Å². The van der Waals surface area contributed by atoms with Crippen molar-refractivity contribution < 1.29 is 0 Å². The normalized spacial score (nSPS) is 38.2. The second kappa shape index (κ2) is 1.71. The van der Waals surface area contributed by atoms with E-state index < -0.39 is 0 Å². The van der Waals surface area contributed by atoms with Gasteiger partial charge in [-0.2, -0.15) is 0 Å². The highest BCUT2D eigenvalue weighted by molar-refractivity contribution is 5.08. The average Bonchev–Trinajstić information content (AvgIpc) is 1.72. The Morgan fingerprint density at radius 1 is 1.50 bits per heavy atom. The molecule has 0 unspecified atom stereocenters. The van der Waals surface area contributed by atoms with Crippen LogP contribution in [0.5, 0.6) is 0 Å². The quantitative estimate of drug-likeness (QED) is 0.449. The zero-order valence-electron chi connectivity index (χ0n) is 4.91. The van der Waals surface area contributed by atoms with E-state index in [0.29, 0.717) is 0 Å². The SMILES string of the molecule is C1C[C@@H]2CN[C]2CN1. The molecule has 2 aliphatic heterocycles. The van der Waals surface area contributed by atoms with Crippen LogP contribution in [0.1, 0.15) is 6.42 Å². The molecule has 0 saturated carbocycles. The van der Waals surface area contributed by atoms with Crippen molar-refractivity contribution in [2.75, 3.05) is 19.6 Å². The van der Waals surface area contributed by atoms with Crippen LogP contribution in [0.15, 0.2) is 0 Å². The molecule has 0 aromatic carbocycles. The van der Waals surface area contributed by atoms with Crippen LogP contribution in [0, 0.1) is 12.0 Å². The molecule has 1 radical (unpaired) electrons. The molecule has 8 heavy (non-hydrogen) atoms. The van der Waals surface area contributed by atoms with Gasteiger partial charge in [-0.05, 0) is 18.9 Å². The molecular weight excluding hydrogens is 100 g/mol. The Kier molecular flexibility index (Phi) is 1.02. The first kappa shape index (κ1) is 4.77. The fourth-order valence-corrected chi connectivity index (χ4v) is 1.37. The molecule has 45 valence electrons. The summed E-state index contributed by atoms with van der Waals surface area (Å²) in [5.41, 5.74) is 0. The Morgan fingerprint density at radius 3 is 2.88 bits per heavy atom. The van der Waals surface area contributed by atoms with Gasteiger partial charge in [-0.3, -0.25) is 0 Å². The van der Waals surface area contributed by atoms with Gasteiger partial charge in [-0.25, -0.2) is 0 Å². The molecule has 2 saturated heterocycles. The Labute approximate surface area is 49.7 Å². The molecule has 1 atom stereocenters. The van der Waals surface area contributed by atoms with Crippen molar-refractivity contribution >= 4 is 0 Å². The highest BCUT2D eigenvalue weighted by Crippen LogP contribution is 2.25. The highest BCUT2D eigenvalue weighted by Gasteiger charge is 2.32. The summed E-state index contributed by atoms with van der Waals surface area (Å²) in [6, 6.07) is 1.54. The first-order chi connectivity index (χ1) is 3.97. The number of nitrogens with one attached hydrogen (secondary N) is 2. The lowest BCUT2D eigenvalue weighted by Gasteiger charge is -2.41. The lowest BCUT2D eigenvalue weighted by Crippen LogP contribution is -2.54. The van der Waals surface area contributed by atoms with Gasteiger partial charge in [0, 0.05) is 13.1 Å². The summed E-state index contributed by atoms with van der Waals surface area (Å²) in [6.07, 6.45) is 1.35. The molecule has 2 N–H and O–H groups in total. The lowest BCUT2D eigenvalue weighted by molar-refractivity contribution is 0.272. The smallest absolute Gasteiger partial charge is 0.0547 e. The number of piperidine rings is 1. The maximum absolute atomic E-state index is 3.32. The number of hydrogen-bond acceptors (Lipinski definition) is 2. The predicted octanol–water partition coefficient (Wildman–Crippen LogP) is -0.269. The maximum Gasteiger partial charge on any atom is 0.0547 e. The van der Waals surface area contributed by atoms with Crippen LogP contribution < -0.4 is 10.6 Å². The first-order valence-corrected chi connectivity index (χ1v) is 3.27. The topological polar surface area (TPSA) is 24.1 Å². The summed E-state index contributed by atoms with van der Waals surface area (Å²) in [5.74, 6) is 0.927. The minimum absolute atomic E-state index is 0.927. The van der Waals surface area contributed by atoms with Crippen LogP contribution in [0.2, 0.25) is 0 Å². The molecule has 0 bridgehead atoms. The van der Waals surface area contributed by atoms with E-state index in [1.807, 2.05) is 0 Å². The van der Waals surface area contributed by atoms with Gasteiger partial charge in [0.25, 0.3) is 0 Å². The fraction of sp³-hybridized carbons (Fsp3) is 0.833. The van der Waals surface area contributed by atoms with E-state index in [9.17, 15) is 0 Å². The molecule has 0 amide bonds. The van der Waals surface area contributed by atoms with Gasteiger partial charge in [-0.15, -0.1) is 0 Å². The van der Waals surface area contributed by atoms with Crippen LogP contribution in [0.25, 0.3) is 0 Å². The summed E-state index contributed by atoms with van der Waals surface area (Å²) in [5, 5.41) is 6.62. The van der Waals surface area contributed by atoms with Crippen molar-refractivity contribution in [3.63, 3.8) is 0 Å². The minimum Gasteiger partial charge on any atom is -0.315 e. The zero-order chi connectivity index (χ0) is 5.40. The summed E-state index contributed by atoms with van der Waals surface area (Å²) in [6.45, 7) is 3.57. The van der Waals surface area contributed by atoms with Crippen molar-refractivity contribution in [3.8, 4) is 0 Å². The predicted molar refractivity (Wildman–Crippen MR) is 32.2 cm³/mol. The Balaban J connectivity index is 1.92. The van der Waals surface area contributed by atoms with Crippen molar-refractivity contribution in [2.24, 2.45) is 5.92 Å². The zero-order valence-corrected chi connectivity index (χ0v) is 4.91. The molecular formula is C6H11N2. The van der Waals surface area contributed by atoms with Crippen molar-refractivity contribution in [1.29, 1.82) is 0 Å². The Bertz CT molecular complexity index is 80.5. The first-order valence-electron chi connectivity index (χ1n) is 3.27. The fourth-order valence-electron chi connectivity index (χ4n) is 1.37. The Hall–Kier alpha value is -0.0800. The molecule has 0 spiro atoms. The number of fused-ring (bicyclic) bond motifs is 1. The third-order valence-corrected chi connectivity index (χ3v) is 2.05. The van der Waals surface area contributed by atoms with E-state index >= 15 is 0 Å². The van der Waals surface area contributed by atoms with Gasteiger partial charge >= 0.3 is 0 Å². The van der Waals surface area contributed by atoms with Gasteiger partial charge in [0.05, 0.1) is 6.04 Å². The van der Waals surface area contributed by atoms with Gasteiger partial charge in [0.1, 0.15) is 0 Å². The third-order valence-electron chi connectivity index (χ3n) is 2.05. The van der Waals surface area contributed by atoms with Crippen molar-refractivity contribution in [1.82, 2.24) is 10.6 Å². The summed E-state index contributed by atoms with van der Waals surface area (Å²) in [4.78, 5) is 0. The average molecular weight is 111 g/mol. The molecule has 2 heterocycles. The van der Waals surface area contributed by atoms with E-state index in [2.05, 4.69) is 10.6 Å². The second-order valence-electron chi connectivity index (χ2n) is 2.57. The van der Waals surface area contributed by atoms with Crippen LogP contribution in [0.4, 0.5) is 0 Å². The largest absolute Gasteiger partial charge is 0.315 e. The summed E-state index contributed by atoms with van der Waals surface area (Å²) in [7, 11) is 0. The van der Waals surface area contributed by atoms with E-state index in [4.69, 9.17) is 0 Å². The second-order valence-corrected chi connectivity index (χ2v) is 2.57. The molecule has 2 aliphatic rings. The van der Waals surface area contributed by atoms with Gasteiger partial charge in [-0.1, -0.05) is 0 Å². The van der Waals surface area contributed by atoms with Gasteiger partial charge in [0.15, 0.2) is 0 Å². The molecule has 0 aromatic rings. The number of rotatable bonds is 0. The molecule has 2 nitrogen and oxygen atoms in total. The molecule has 0 aliphatic carbocycles. The minimum atomic E-state index is 0.927. The van der Waals surface area contributed by atoms with Crippen molar-refractivity contribution in [3.05, 3.63) is 6.04 Å². The maximum atomic E-state index is 3.32. The van der Waals surface area contributed by atoms with E-state index in [0.717, 1.165) is 12.5 Å². The monoisotopic (exact) mass is 111 g/mol. The van der Waals surface area contributed by atoms with Crippen LogP contribution in [-0.4, -0.2) is 19.6 Å². The molecule has 2 heteroatoms. The highest BCUT2D eigenvalue weighted by atomic mass is 15.1. The van der Waals surface area contributed by atoms with E-state index in [1.54, 1.807) is 0 Å². The van der Waals surface area contributed by atoms with E-state index in [-0.39, 0.29) is 0 Å². The lowest BCUT2D eigenvalue weighted by atomic mass is 9.86. The van der Waals surface area contributed by atoms with Gasteiger partial charge in [0.2, 0.25) is 0 Å². The van der Waals surface area contributed by atoms with Crippen LogP contribution >= 0.6 is 0 Å². The van der Waals surface area contributed by atoms with Crippen LogP contribution in [-0.2, 0) is 0 Å². The van der Waals surface area contributed by atoms with Gasteiger partial charge < -0.3 is 10.6 Å². The standard InChI is InChI=1S/C6H11N2/c1-2-7-4-6-5(1)3-8-6/h5,7-8H,1-4H2/t5-/m1/s1.